The molecule has 0 N–H and O–H groups in total. The number of Topliss-reactive ketones (excluding diaryl/α,β-unsaturated/α-hetero) is 1. The molecule has 0 fully saturated rings. The van der Waals surface area contributed by atoms with E-state index in [9.17, 15) is 4.79 Å². The first-order valence-electron chi connectivity index (χ1n) is 3.81. The highest BCUT2D eigenvalue weighted by atomic mass is 32.1. The van der Waals surface area contributed by atoms with Crippen molar-refractivity contribution in [2.45, 2.75) is 13.8 Å². The van der Waals surface area contributed by atoms with Crippen molar-refractivity contribution in [1.29, 1.82) is 0 Å². The smallest absolute Gasteiger partial charge is 0.162 e. The first-order chi connectivity index (χ1) is 5.52. The standard InChI is InChI=1S/C9H13NOS/c1-6-5-8(7(2)11)9(12-6)10(3)4/h5H,1-4H3. The second kappa shape index (κ2) is 3.27. The molecule has 0 saturated carbocycles. The predicted octanol–water partition coefficient (Wildman–Crippen LogP) is 2.33. The van der Waals surface area contributed by atoms with E-state index in [1.54, 1.807) is 18.3 Å². The molecule has 12 heavy (non-hydrogen) atoms. The van der Waals surface area contributed by atoms with E-state index in [-0.39, 0.29) is 5.78 Å². The number of carbonyl (C=O) groups is 1. The Bertz CT molecular complexity index is 301. The summed E-state index contributed by atoms with van der Waals surface area (Å²) in [6.07, 6.45) is 0. The second-order valence-corrected chi connectivity index (χ2v) is 4.26. The Hall–Kier alpha value is -0.830. The molecule has 0 radical (unpaired) electrons. The Kier molecular flexibility index (Phi) is 2.52. The van der Waals surface area contributed by atoms with Gasteiger partial charge in [-0.05, 0) is 19.9 Å². The molecule has 0 saturated heterocycles. The molecule has 0 atom stereocenters. The van der Waals surface area contributed by atoms with Gasteiger partial charge in [0.2, 0.25) is 0 Å². The summed E-state index contributed by atoms with van der Waals surface area (Å²) in [6, 6.07) is 1.95. The van der Waals surface area contributed by atoms with Crippen molar-refractivity contribution < 1.29 is 4.79 Å². The minimum atomic E-state index is 0.142. The first kappa shape index (κ1) is 9.26. The number of carbonyl (C=O) groups excluding carboxylic acids is 1. The van der Waals surface area contributed by atoms with Gasteiger partial charge >= 0.3 is 0 Å². The Morgan fingerprint density at radius 3 is 2.42 bits per heavy atom. The van der Waals surface area contributed by atoms with Crippen LogP contribution in [0.4, 0.5) is 5.00 Å². The summed E-state index contributed by atoms with van der Waals surface area (Å²) in [5.74, 6) is 0.142. The number of rotatable bonds is 2. The summed E-state index contributed by atoms with van der Waals surface area (Å²) in [4.78, 5) is 14.3. The van der Waals surface area contributed by atoms with Crippen LogP contribution >= 0.6 is 11.3 Å². The summed E-state index contributed by atoms with van der Waals surface area (Å²) in [5, 5.41) is 1.06. The van der Waals surface area contributed by atoms with Crippen molar-refractivity contribution in [3.05, 3.63) is 16.5 Å². The van der Waals surface area contributed by atoms with E-state index >= 15 is 0 Å². The summed E-state index contributed by atoms with van der Waals surface area (Å²) in [5.41, 5.74) is 0.836. The summed E-state index contributed by atoms with van der Waals surface area (Å²) >= 11 is 1.66. The molecule has 0 spiro atoms. The highest BCUT2D eigenvalue weighted by Gasteiger charge is 2.11. The molecule has 66 valence electrons. The van der Waals surface area contributed by atoms with Crippen LogP contribution in [0, 0.1) is 6.92 Å². The maximum absolute atomic E-state index is 11.2. The molecule has 2 nitrogen and oxygen atoms in total. The lowest BCUT2D eigenvalue weighted by Gasteiger charge is -2.10. The van der Waals surface area contributed by atoms with Crippen LogP contribution in [0.3, 0.4) is 0 Å². The van der Waals surface area contributed by atoms with E-state index in [2.05, 4.69) is 0 Å². The van der Waals surface area contributed by atoms with Gasteiger partial charge in [-0.2, -0.15) is 0 Å². The zero-order valence-electron chi connectivity index (χ0n) is 7.84. The molecular weight excluding hydrogens is 170 g/mol. The van der Waals surface area contributed by atoms with Crippen LogP contribution in [0.1, 0.15) is 22.2 Å². The lowest BCUT2D eigenvalue weighted by atomic mass is 10.2. The average Bonchev–Trinajstić information content (AvgIpc) is 2.31. The van der Waals surface area contributed by atoms with Crippen LogP contribution in [-0.2, 0) is 0 Å². The van der Waals surface area contributed by atoms with E-state index in [1.165, 1.54) is 4.88 Å². The normalized spacial score (nSPS) is 10.0. The van der Waals surface area contributed by atoms with E-state index in [1.807, 2.05) is 32.0 Å². The Morgan fingerprint density at radius 1 is 1.50 bits per heavy atom. The Balaban J connectivity index is 3.17. The highest BCUT2D eigenvalue weighted by molar-refractivity contribution is 7.16. The molecule has 0 bridgehead atoms. The maximum Gasteiger partial charge on any atom is 0.162 e. The van der Waals surface area contributed by atoms with Gasteiger partial charge in [0.05, 0.1) is 5.56 Å². The number of hydrogen-bond donors (Lipinski definition) is 0. The van der Waals surface area contributed by atoms with E-state index in [0.717, 1.165) is 10.6 Å². The van der Waals surface area contributed by atoms with Crippen molar-refractivity contribution in [3.63, 3.8) is 0 Å². The van der Waals surface area contributed by atoms with Crippen molar-refractivity contribution >= 4 is 22.1 Å². The van der Waals surface area contributed by atoms with Crippen LogP contribution in [0.15, 0.2) is 6.07 Å². The quantitative estimate of drug-likeness (QED) is 0.656. The van der Waals surface area contributed by atoms with E-state index in [4.69, 9.17) is 0 Å². The lowest BCUT2D eigenvalue weighted by molar-refractivity contribution is 0.101. The second-order valence-electron chi connectivity index (χ2n) is 3.03. The van der Waals surface area contributed by atoms with Crippen LogP contribution in [-0.4, -0.2) is 19.9 Å². The minimum Gasteiger partial charge on any atom is -0.369 e. The number of hydrogen-bond acceptors (Lipinski definition) is 3. The van der Waals surface area contributed by atoms with Crippen molar-refractivity contribution in [2.75, 3.05) is 19.0 Å². The van der Waals surface area contributed by atoms with Gasteiger partial charge < -0.3 is 4.90 Å². The third-order valence-electron chi connectivity index (χ3n) is 1.62. The molecule has 0 aliphatic carbocycles. The largest absolute Gasteiger partial charge is 0.369 e. The monoisotopic (exact) mass is 183 g/mol. The molecule has 1 rings (SSSR count). The number of ketones is 1. The van der Waals surface area contributed by atoms with Crippen LogP contribution < -0.4 is 4.90 Å². The lowest BCUT2D eigenvalue weighted by Crippen LogP contribution is -2.09. The molecule has 1 aromatic heterocycles. The fourth-order valence-electron chi connectivity index (χ4n) is 1.09. The number of thiophene rings is 1. The molecule has 1 aromatic rings. The molecule has 3 heteroatoms. The summed E-state index contributed by atoms with van der Waals surface area (Å²) in [7, 11) is 3.91. The van der Waals surface area contributed by atoms with Gasteiger partial charge in [0.15, 0.2) is 5.78 Å². The van der Waals surface area contributed by atoms with E-state index in [0.29, 0.717) is 0 Å². The first-order valence-corrected chi connectivity index (χ1v) is 4.62. The number of aryl methyl sites for hydroxylation is 1. The van der Waals surface area contributed by atoms with Crippen LogP contribution in [0.25, 0.3) is 0 Å². The van der Waals surface area contributed by atoms with E-state index < -0.39 is 0 Å². The van der Waals surface area contributed by atoms with Crippen LogP contribution in [0.5, 0.6) is 0 Å². The minimum absolute atomic E-state index is 0.142. The zero-order valence-corrected chi connectivity index (χ0v) is 8.66. The van der Waals surface area contributed by atoms with Gasteiger partial charge in [-0.1, -0.05) is 0 Å². The third kappa shape index (κ3) is 1.67. The van der Waals surface area contributed by atoms with Gasteiger partial charge in [-0.3, -0.25) is 4.79 Å². The average molecular weight is 183 g/mol. The topological polar surface area (TPSA) is 20.3 Å². The van der Waals surface area contributed by atoms with Crippen LogP contribution in [0.2, 0.25) is 0 Å². The highest BCUT2D eigenvalue weighted by Crippen LogP contribution is 2.29. The van der Waals surface area contributed by atoms with Gasteiger partial charge in [0, 0.05) is 19.0 Å². The molecular formula is C9H13NOS. The molecule has 1 heterocycles. The molecule has 0 unspecified atom stereocenters. The van der Waals surface area contributed by atoms with Gasteiger partial charge in [-0.15, -0.1) is 11.3 Å². The number of nitrogens with zero attached hydrogens (tertiary/aromatic N) is 1. The Morgan fingerprint density at radius 2 is 2.08 bits per heavy atom. The fraction of sp³-hybridized carbons (Fsp3) is 0.444. The molecule has 0 aliphatic rings. The van der Waals surface area contributed by atoms with Crippen molar-refractivity contribution in [3.8, 4) is 0 Å². The predicted molar refractivity (Wildman–Crippen MR) is 53.4 cm³/mol. The summed E-state index contributed by atoms with van der Waals surface area (Å²) < 4.78 is 0. The van der Waals surface area contributed by atoms with Gasteiger partial charge in [0.25, 0.3) is 0 Å². The third-order valence-corrected chi connectivity index (χ3v) is 2.84. The van der Waals surface area contributed by atoms with Gasteiger partial charge in [-0.25, -0.2) is 0 Å². The SMILES string of the molecule is CC(=O)c1cc(C)sc1N(C)C. The van der Waals surface area contributed by atoms with Crippen molar-refractivity contribution in [1.82, 2.24) is 0 Å². The molecule has 0 aromatic carbocycles. The molecule has 0 aliphatic heterocycles. The zero-order chi connectivity index (χ0) is 9.30. The van der Waals surface area contributed by atoms with Gasteiger partial charge in [0.1, 0.15) is 5.00 Å². The Labute approximate surface area is 76.8 Å². The molecule has 0 amide bonds. The van der Waals surface area contributed by atoms with Crippen molar-refractivity contribution in [2.24, 2.45) is 0 Å². The fourth-order valence-corrected chi connectivity index (χ4v) is 2.06. The maximum atomic E-state index is 11.2. The summed E-state index contributed by atoms with van der Waals surface area (Å²) in [6.45, 7) is 3.62. The number of anilines is 1.